The third-order valence-electron chi connectivity index (χ3n) is 5.21. The molecular weight excluding hydrogens is 408 g/mol. The van der Waals surface area contributed by atoms with E-state index in [1.54, 1.807) is 6.07 Å². The Balaban J connectivity index is 2.55. The molecule has 6 nitrogen and oxygen atoms in total. The highest BCUT2D eigenvalue weighted by atomic mass is 16.5. The van der Waals surface area contributed by atoms with Crippen LogP contribution in [-0.2, 0) is 14.2 Å². The highest BCUT2D eigenvalue weighted by molar-refractivity contribution is 6.16. The fourth-order valence-electron chi connectivity index (χ4n) is 3.56. The maximum Gasteiger partial charge on any atom is 0.339 e. The lowest BCUT2D eigenvalue weighted by Gasteiger charge is -2.20. The first kappa shape index (κ1) is 22.7. The van der Waals surface area contributed by atoms with Crippen LogP contribution >= 0.6 is 0 Å². The Kier molecular flexibility index (Phi) is 6.73. The van der Waals surface area contributed by atoms with Crippen molar-refractivity contribution < 1.29 is 28.6 Å². The quantitative estimate of drug-likeness (QED) is 0.417. The van der Waals surface area contributed by atoms with Crippen LogP contribution in [0, 0.1) is 13.8 Å². The van der Waals surface area contributed by atoms with Crippen LogP contribution in [0.3, 0.4) is 0 Å². The molecule has 0 radical (unpaired) electrons. The number of carbonyl (C=O) groups is 3. The summed E-state index contributed by atoms with van der Waals surface area (Å²) < 4.78 is 14.9. The van der Waals surface area contributed by atoms with E-state index < -0.39 is 17.9 Å². The van der Waals surface area contributed by atoms with Gasteiger partial charge in [0.1, 0.15) is 0 Å². The van der Waals surface area contributed by atoms with Crippen LogP contribution in [0.2, 0.25) is 0 Å². The second-order valence-corrected chi connectivity index (χ2v) is 7.30. The monoisotopic (exact) mass is 432 g/mol. The van der Waals surface area contributed by atoms with Gasteiger partial charge in [-0.25, -0.2) is 14.4 Å². The number of methoxy groups -OCH3 is 3. The van der Waals surface area contributed by atoms with Gasteiger partial charge in [-0.05, 0) is 36.6 Å². The minimum absolute atomic E-state index is 0.0540. The van der Waals surface area contributed by atoms with Crippen LogP contribution in [0.5, 0.6) is 0 Å². The van der Waals surface area contributed by atoms with Crippen molar-refractivity contribution in [2.24, 2.45) is 0 Å². The number of benzene rings is 3. The van der Waals surface area contributed by atoms with E-state index in [9.17, 15) is 14.4 Å². The topological polar surface area (TPSA) is 78.9 Å². The molecule has 3 aromatic carbocycles. The zero-order valence-corrected chi connectivity index (χ0v) is 18.6. The van der Waals surface area contributed by atoms with Gasteiger partial charge in [0.25, 0.3) is 0 Å². The number of carbonyl (C=O) groups excluding carboxylic acids is 3. The average molecular weight is 432 g/mol. The summed E-state index contributed by atoms with van der Waals surface area (Å²) in [4.78, 5) is 38.5. The molecule has 0 N–H and O–H groups in total. The predicted octanol–water partition coefficient (Wildman–Crippen LogP) is 5.00. The van der Waals surface area contributed by atoms with Crippen LogP contribution in [0.1, 0.15) is 42.2 Å². The number of ether oxygens (including phenoxy) is 3. The van der Waals surface area contributed by atoms with Crippen molar-refractivity contribution >= 4 is 17.9 Å². The molecule has 0 saturated carbocycles. The lowest BCUT2D eigenvalue weighted by atomic mass is 9.84. The van der Waals surface area contributed by atoms with E-state index in [2.05, 4.69) is 0 Å². The molecule has 0 bridgehead atoms. The van der Waals surface area contributed by atoms with Gasteiger partial charge in [0.15, 0.2) is 0 Å². The summed E-state index contributed by atoms with van der Waals surface area (Å²) >= 11 is 0. The van der Waals surface area contributed by atoms with Crippen LogP contribution in [0.25, 0.3) is 22.3 Å². The fraction of sp³-hybridized carbons (Fsp3) is 0.192. The smallest absolute Gasteiger partial charge is 0.339 e. The van der Waals surface area contributed by atoms with Gasteiger partial charge in [0.2, 0.25) is 0 Å². The van der Waals surface area contributed by atoms with Gasteiger partial charge < -0.3 is 14.2 Å². The molecule has 32 heavy (non-hydrogen) atoms. The first-order chi connectivity index (χ1) is 15.3. The van der Waals surface area contributed by atoms with E-state index in [1.165, 1.54) is 21.3 Å². The van der Waals surface area contributed by atoms with Crippen molar-refractivity contribution in [3.8, 4) is 22.3 Å². The van der Waals surface area contributed by atoms with E-state index in [-0.39, 0.29) is 16.7 Å². The lowest BCUT2D eigenvalue weighted by Crippen LogP contribution is -2.20. The van der Waals surface area contributed by atoms with Gasteiger partial charge in [-0.15, -0.1) is 0 Å². The average Bonchev–Trinajstić information content (AvgIpc) is 2.82. The molecule has 0 unspecified atom stereocenters. The van der Waals surface area contributed by atoms with Crippen LogP contribution in [-0.4, -0.2) is 39.2 Å². The van der Waals surface area contributed by atoms with E-state index in [1.807, 2.05) is 62.4 Å². The Morgan fingerprint density at radius 2 is 1.03 bits per heavy atom. The predicted molar refractivity (Wildman–Crippen MR) is 121 cm³/mol. The minimum atomic E-state index is -0.838. The first-order valence-electron chi connectivity index (χ1n) is 9.92. The van der Waals surface area contributed by atoms with Crippen molar-refractivity contribution in [3.05, 3.63) is 82.4 Å². The molecular formula is C26H24O6. The molecule has 0 aliphatic heterocycles. The molecule has 0 spiro atoms. The molecule has 0 saturated heterocycles. The molecule has 0 aromatic heterocycles. The highest BCUT2D eigenvalue weighted by Crippen LogP contribution is 2.40. The van der Waals surface area contributed by atoms with Crippen LogP contribution in [0.15, 0.2) is 54.6 Å². The number of hydrogen-bond donors (Lipinski definition) is 0. The Bertz CT molecular complexity index is 1170. The SMILES string of the molecule is COC(=O)c1cc(-c2ccc(C)cc2)c(-c2ccc(C)cc2)c(C(=O)OC)c1C(=O)OC. The van der Waals surface area contributed by atoms with Crippen LogP contribution in [0.4, 0.5) is 0 Å². The van der Waals surface area contributed by atoms with Crippen molar-refractivity contribution in [1.29, 1.82) is 0 Å². The maximum atomic E-state index is 13.0. The van der Waals surface area contributed by atoms with Gasteiger partial charge in [-0.1, -0.05) is 59.7 Å². The maximum absolute atomic E-state index is 13.0. The summed E-state index contributed by atoms with van der Waals surface area (Å²) in [6.45, 7) is 3.91. The van der Waals surface area contributed by atoms with Crippen molar-refractivity contribution in [2.45, 2.75) is 13.8 Å². The molecule has 0 amide bonds. The summed E-state index contributed by atoms with van der Waals surface area (Å²) in [7, 11) is 3.61. The number of esters is 3. The van der Waals surface area contributed by atoms with Gasteiger partial charge in [0.05, 0.1) is 38.0 Å². The second kappa shape index (κ2) is 9.47. The summed E-state index contributed by atoms with van der Waals surface area (Å²) in [5.41, 5.74) is 4.26. The third kappa shape index (κ3) is 4.25. The zero-order valence-electron chi connectivity index (χ0n) is 18.6. The molecule has 0 aliphatic carbocycles. The largest absolute Gasteiger partial charge is 0.465 e. The minimum Gasteiger partial charge on any atom is -0.465 e. The molecule has 0 fully saturated rings. The Hall–Kier alpha value is -3.93. The molecule has 0 atom stereocenters. The molecule has 0 heterocycles. The van der Waals surface area contributed by atoms with Gasteiger partial charge in [0, 0.05) is 5.56 Å². The fourth-order valence-corrected chi connectivity index (χ4v) is 3.56. The number of aryl methyl sites for hydroxylation is 2. The van der Waals surface area contributed by atoms with Crippen molar-refractivity contribution in [2.75, 3.05) is 21.3 Å². The molecule has 3 rings (SSSR count). The normalized spacial score (nSPS) is 10.4. The van der Waals surface area contributed by atoms with Crippen LogP contribution < -0.4 is 0 Å². The zero-order chi connectivity index (χ0) is 23.4. The standard InChI is InChI=1S/C26H24O6/c1-15-6-10-17(11-7-15)19-14-20(24(27)30-3)22(25(28)31-4)23(26(29)32-5)21(19)18-12-8-16(2)9-13-18/h6-14H,1-5H3. The number of hydrogen-bond acceptors (Lipinski definition) is 6. The van der Waals surface area contributed by atoms with Crippen molar-refractivity contribution in [3.63, 3.8) is 0 Å². The Morgan fingerprint density at radius 3 is 1.50 bits per heavy atom. The number of rotatable bonds is 5. The summed E-state index contributed by atoms with van der Waals surface area (Å²) in [5.74, 6) is -2.37. The highest BCUT2D eigenvalue weighted by Gasteiger charge is 2.32. The molecule has 164 valence electrons. The van der Waals surface area contributed by atoms with E-state index in [4.69, 9.17) is 14.2 Å². The summed E-state index contributed by atoms with van der Waals surface area (Å²) in [6.07, 6.45) is 0. The molecule has 3 aromatic rings. The Labute approximate surface area is 186 Å². The molecule has 0 aliphatic rings. The lowest BCUT2D eigenvalue weighted by molar-refractivity contribution is 0.0536. The van der Waals surface area contributed by atoms with Crippen molar-refractivity contribution in [1.82, 2.24) is 0 Å². The third-order valence-corrected chi connectivity index (χ3v) is 5.21. The van der Waals surface area contributed by atoms with Gasteiger partial charge >= 0.3 is 17.9 Å². The Morgan fingerprint density at radius 1 is 0.594 bits per heavy atom. The van der Waals surface area contributed by atoms with Gasteiger partial charge in [-0.2, -0.15) is 0 Å². The van der Waals surface area contributed by atoms with Gasteiger partial charge in [-0.3, -0.25) is 0 Å². The van der Waals surface area contributed by atoms with E-state index in [0.29, 0.717) is 16.7 Å². The first-order valence-corrected chi connectivity index (χ1v) is 9.92. The van der Waals surface area contributed by atoms with E-state index in [0.717, 1.165) is 16.7 Å². The van der Waals surface area contributed by atoms with E-state index >= 15 is 0 Å². The summed E-state index contributed by atoms with van der Waals surface area (Å²) in [5, 5.41) is 0. The molecule has 6 heteroatoms. The summed E-state index contributed by atoms with van der Waals surface area (Å²) in [6, 6.07) is 16.7. The second-order valence-electron chi connectivity index (χ2n) is 7.30.